The van der Waals surface area contributed by atoms with Crippen LogP contribution < -0.4 is 5.32 Å². The molecule has 16 heavy (non-hydrogen) atoms. The molecule has 2 aromatic rings. The third kappa shape index (κ3) is 3.15. The first-order chi connectivity index (χ1) is 7.74. The highest BCUT2D eigenvalue weighted by Gasteiger charge is 1.97. The van der Waals surface area contributed by atoms with E-state index in [1.54, 1.807) is 11.3 Å². The largest absolute Gasteiger partial charge is 0.308 e. The Morgan fingerprint density at radius 2 is 1.88 bits per heavy atom. The third-order valence-electron chi connectivity index (χ3n) is 2.42. The van der Waals surface area contributed by atoms with Crippen molar-refractivity contribution < 1.29 is 0 Å². The van der Waals surface area contributed by atoms with Crippen LogP contribution >= 0.6 is 11.3 Å². The van der Waals surface area contributed by atoms with Gasteiger partial charge in [-0.25, -0.2) is 4.98 Å². The zero-order valence-electron chi connectivity index (χ0n) is 9.66. The van der Waals surface area contributed by atoms with E-state index in [-0.39, 0.29) is 0 Å². The molecular weight excluding hydrogens is 216 g/mol. The Labute approximate surface area is 100 Å². The molecule has 0 aliphatic heterocycles. The molecule has 0 bridgehead atoms. The van der Waals surface area contributed by atoms with E-state index in [0.29, 0.717) is 0 Å². The summed E-state index contributed by atoms with van der Waals surface area (Å²) in [7, 11) is 0. The molecule has 0 saturated carbocycles. The fourth-order valence-corrected chi connectivity index (χ4v) is 2.29. The topological polar surface area (TPSA) is 24.9 Å². The molecule has 0 atom stereocenters. The summed E-state index contributed by atoms with van der Waals surface area (Å²) < 4.78 is 0. The SMILES string of the molecule is Cc1ccc(CNCc2cnc(C)s2)cc1. The first kappa shape index (κ1) is 11.3. The monoisotopic (exact) mass is 232 g/mol. The van der Waals surface area contributed by atoms with Gasteiger partial charge in [0.1, 0.15) is 0 Å². The second-order valence-corrected chi connectivity index (χ2v) is 5.25. The van der Waals surface area contributed by atoms with Gasteiger partial charge in [0, 0.05) is 24.2 Å². The lowest BCUT2D eigenvalue weighted by molar-refractivity contribution is 0.700. The molecule has 0 unspecified atom stereocenters. The molecule has 0 aliphatic rings. The van der Waals surface area contributed by atoms with E-state index >= 15 is 0 Å². The number of aryl methyl sites for hydroxylation is 2. The minimum Gasteiger partial charge on any atom is -0.308 e. The van der Waals surface area contributed by atoms with Crippen LogP contribution in [0.25, 0.3) is 0 Å². The number of hydrogen-bond donors (Lipinski definition) is 1. The molecule has 1 aromatic heterocycles. The van der Waals surface area contributed by atoms with E-state index in [1.807, 2.05) is 13.1 Å². The molecule has 0 amide bonds. The summed E-state index contributed by atoms with van der Waals surface area (Å²) in [5, 5.41) is 4.55. The van der Waals surface area contributed by atoms with Gasteiger partial charge in [-0.1, -0.05) is 29.8 Å². The van der Waals surface area contributed by atoms with Crippen LogP contribution in [-0.4, -0.2) is 4.98 Å². The van der Waals surface area contributed by atoms with Crippen molar-refractivity contribution >= 4 is 11.3 Å². The van der Waals surface area contributed by atoms with Gasteiger partial charge in [0.05, 0.1) is 5.01 Å². The van der Waals surface area contributed by atoms with Crippen LogP contribution in [0.4, 0.5) is 0 Å². The van der Waals surface area contributed by atoms with Crippen molar-refractivity contribution in [2.75, 3.05) is 0 Å². The second kappa shape index (κ2) is 5.23. The van der Waals surface area contributed by atoms with Gasteiger partial charge < -0.3 is 5.32 Å². The summed E-state index contributed by atoms with van der Waals surface area (Å²) in [5.74, 6) is 0. The molecule has 2 nitrogen and oxygen atoms in total. The van der Waals surface area contributed by atoms with Crippen molar-refractivity contribution in [2.24, 2.45) is 0 Å². The number of rotatable bonds is 4. The van der Waals surface area contributed by atoms with Crippen molar-refractivity contribution in [3.05, 3.63) is 51.5 Å². The van der Waals surface area contributed by atoms with E-state index in [1.165, 1.54) is 16.0 Å². The molecule has 84 valence electrons. The highest BCUT2D eigenvalue weighted by atomic mass is 32.1. The van der Waals surface area contributed by atoms with Crippen molar-refractivity contribution in [1.29, 1.82) is 0 Å². The number of aromatic nitrogens is 1. The molecule has 0 spiro atoms. The molecule has 0 radical (unpaired) electrons. The van der Waals surface area contributed by atoms with Gasteiger partial charge in [-0.3, -0.25) is 0 Å². The smallest absolute Gasteiger partial charge is 0.0897 e. The van der Waals surface area contributed by atoms with Crippen molar-refractivity contribution in [2.45, 2.75) is 26.9 Å². The van der Waals surface area contributed by atoms with Gasteiger partial charge >= 0.3 is 0 Å². The van der Waals surface area contributed by atoms with Crippen LogP contribution in [0.3, 0.4) is 0 Å². The molecule has 0 fully saturated rings. The summed E-state index contributed by atoms with van der Waals surface area (Å²) in [6.07, 6.45) is 1.95. The van der Waals surface area contributed by atoms with Gasteiger partial charge in [-0.15, -0.1) is 11.3 Å². The summed E-state index contributed by atoms with van der Waals surface area (Å²) in [6, 6.07) is 8.63. The Morgan fingerprint density at radius 3 is 2.50 bits per heavy atom. The van der Waals surface area contributed by atoms with E-state index in [9.17, 15) is 0 Å². The highest BCUT2D eigenvalue weighted by molar-refractivity contribution is 7.11. The first-order valence-electron chi connectivity index (χ1n) is 5.41. The normalized spacial score (nSPS) is 10.6. The number of thiazole rings is 1. The van der Waals surface area contributed by atoms with Crippen LogP contribution in [0.15, 0.2) is 30.5 Å². The standard InChI is InChI=1S/C13H16N2S/c1-10-3-5-12(6-4-10)7-14-8-13-9-15-11(2)16-13/h3-6,9,14H,7-8H2,1-2H3. The summed E-state index contributed by atoms with van der Waals surface area (Å²) >= 11 is 1.75. The lowest BCUT2D eigenvalue weighted by Crippen LogP contribution is -2.11. The molecule has 0 aliphatic carbocycles. The van der Waals surface area contributed by atoms with Crippen LogP contribution in [0.2, 0.25) is 0 Å². The van der Waals surface area contributed by atoms with E-state index < -0.39 is 0 Å². The van der Waals surface area contributed by atoms with Crippen molar-refractivity contribution in [1.82, 2.24) is 10.3 Å². The Kier molecular flexibility index (Phi) is 3.70. The second-order valence-electron chi connectivity index (χ2n) is 3.93. The number of nitrogens with one attached hydrogen (secondary N) is 1. The van der Waals surface area contributed by atoms with Crippen LogP contribution in [0.5, 0.6) is 0 Å². The lowest BCUT2D eigenvalue weighted by atomic mass is 10.1. The van der Waals surface area contributed by atoms with Gasteiger partial charge in [-0.05, 0) is 19.4 Å². The predicted molar refractivity (Wildman–Crippen MR) is 68.6 cm³/mol. The molecular formula is C13H16N2S. The minimum absolute atomic E-state index is 0.902. The van der Waals surface area contributed by atoms with Crippen LogP contribution in [-0.2, 0) is 13.1 Å². The average molecular weight is 232 g/mol. The fourth-order valence-electron chi connectivity index (χ4n) is 1.52. The minimum atomic E-state index is 0.902. The van der Waals surface area contributed by atoms with Gasteiger partial charge in [0.2, 0.25) is 0 Å². The van der Waals surface area contributed by atoms with Crippen molar-refractivity contribution in [3.8, 4) is 0 Å². The maximum absolute atomic E-state index is 4.23. The summed E-state index contributed by atoms with van der Waals surface area (Å²) in [5.41, 5.74) is 2.63. The maximum atomic E-state index is 4.23. The van der Waals surface area contributed by atoms with E-state index in [0.717, 1.165) is 18.1 Å². The highest BCUT2D eigenvalue weighted by Crippen LogP contribution is 2.11. The zero-order chi connectivity index (χ0) is 11.4. The first-order valence-corrected chi connectivity index (χ1v) is 6.23. The average Bonchev–Trinajstić information content (AvgIpc) is 2.67. The van der Waals surface area contributed by atoms with E-state index in [4.69, 9.17) is 0 Å². The lowest BCUT2D eigenvalue weighted by Gasteiger charge is -2.03. The maximum Gasteiger partial charge on any atom is 0.0897 e. The van der Waals surface area contributed by atoms with Crippen LogP contribution in [0, 0.1) is 13.8 Å². The predicted octanol–water partition coefficient (Wildman–Crippen LogP) is 3.05. The molecule has 1 aromatic carbocycles. The molecule has 1 N–H and O–H groups in total. The quantitative estimate of drug-likeness (QED) is 0.876. The molecule has 0 saturated heterocycles. The number of benzene rings is 1. The Bertz CT molecular complexity index is 445. The van der Waals surface area contributed by atoms with Gasteiger partial charge in [-0.2, -0.15) is 0 Å². The molecule has 3 heteroatoms. The Morgan fingerprint density at radius 1 is 1.12 bits per heavy atom. The third-order valence-corrected chi connectivity index (χ3v) is 3.33. The van der Waals surface area contributed by atoms with Gasteiger partial charge in [0.15, 0.2) is 0 Å². The number of nitrogens with zero attached hydrogens (tertiary/aromatic N) is 1. The summed E-state index contributed by atoms with van der Waals surface area (Å²) in [6.45, 7) is 5.96. The molecule has 2 rings (SSSR count). The van der Waals surface area contributed by atoms with E-state index in [2.05, 4.69) is 41.5 Å². The fraction of sp³-hybridized carbons (Fsp3) is 0.308. The Hall–Kier alpha value is -1.19. The number of hydrogen-bond acceptors (Lipinski definition) is 3. The molecule has 1 heterocycles. The Balaban J connectivity index is 1.82. The van der Waals surface area contributed by atoms with Gasteiger partial charge in [0.25, 0.3) is 0 Å². The van der Waals surface area contributed by atoms with Crippen molar-refractivity contribution in [3.63, 3.8) is 0 Å². The summed E-state index contributed by atoms with van der Waals surface area (Å²) in [4.78, 5) is 5.53. The zero-order valence-corrected chi connectivity index (χ0v) is 10.5. The van der Waals surface area contributed by atoms with Crippen LogP contribution in [0.1, 0.15) is 21.0 Å².